The zero-order valence-electron chi connectivity index (χ0n) is 13.3. The van der Waals surface area contributed by atoms with Gasteiger partial charge in [-0.25, -0.2) is 14.5 Å². The molecule has 0 fully saturated rings. The maximum Gasteiger partial charge on any atom is 0.173 e. The number of hydrogen-bond donors (Lipinski definition) is 0. The van der Waals surface area contributed by atoms with Crippen molar-refractivity contribution >= 4 is 38.8 Å². The Labute approximate surface area is 141 Å². The van der Waals surface area contributed by atoms with E-state index in [2.05, 4.69) is 29.0 Å². The van der Waals surface area contributed by atoms with Crippen molar-refractivity contribution in [1.29, 1.82) is 0 Å². The van der Waals surface area contributed by atoms with E-state index < -0.39 is 0 Å². The van der Waals surface area contributed by atoms with Crippen molar-refractivity contribution in [3.8, 4) is 0 Å². The second-order valence-corrected chi connectivity index (χ2v) is 7.23. The van der Waals surface area contributed by atoms with Gasteiger partial charge in [-0.1, -0.05) is 11.6 Å². The molecule has 6 nitrogen and oxygen atoms in total. The summed E-state index contributed by atoms with van der Waals surface area (Å²) in [6.45, 7) is 8.54. The van der Waals surface area contributed by atoms with Crippen molar-refractivity contribution in [2.24, 2.45) is 0 Å². The fourth-order valence-corrected chi connectivity index (χ4v) is 3.85. The van der Waals surface area contributed by atoms with Gasteiger partial charge in [0.1, 0.15) is 17.7 Å². The Hall–Kier alpha value is -1.99. The van der Waals surface area contributed by atoms with Crippen LogP contribution in [0.3, 0.4) is 0 Å². The lowest BCUT2D eigenvalue weighted by Gasteiger charge is -1.99. The van der Waals surface area contributed by atoms with Crippen molar-refractivity contribution in [3.05, 3.63) is 39.0 Å². The molecule has 0 aliphatic heterocycles. The highest BCUT2D eigenvalue weighted by Crippen LogP contribution is 2.30. The zero-order valence-corrected chi connectivity index (χ0v) is 14.8. The fourth-order valence-electron chi connectivity index (χ4n) is 2.72. The lowest BCUT2D eigenvalue weighted by atomic mass is 10.2. The normalized spacial score (nSPS) is 11.9. The molecule has 0 N–H and O–H groups in total. The molecule has 0 atom stereocenters. The molecule has 0 aromatic carbocycles. The minimum atomic E-state index is 0.491. The number of rotatable bonds is 2. The molecule has 0 saturated carbocycles. The SMILES string of the molecule is Cc1nn(Cc2nc3c4c(C)c(C)sc4ncn3n2)c(C)c1Cl. The van der Waals surface area contributed by atoms with Crippen molar-refractivity contribution in [2.45, 2.75) is 34.2 Å². The third-order valence-electron chi connectivity index (χ3n) is 4.13. The number of nitrogens with zero attached hydrogens (tertiary/aromatic N) is 6. The molecule has 8 heteroatoms. The van der Waals surface area contributed by atoms with Gasteiger partial charge in [-0.05, 0) is 33.3 Å². The first-order valence-corrected chi connectivity index (χ1v) is 8.44. The number of halogens is 1. The summed E-state index contributed by atoms with van der Waals surface area (Å²) in [5.41, 5.74) is 3.81. The molecule has 0 aliphatic carbocycles. The molecule has 0 radical (unpaired) electrons. The number of aromatic nitrogens is 6. The summed E-state index contributed by atoms with van der Waals surface area (Å²) in [5, 5.41) is 10.8. The summed E-state index contributed by atoms with van der Waals surface area (Å²) < 4.78 is 3.58. The van der Waals surface area contributed by atoms with E-state index in [1.54, 1.807) is 22.2 Å². The van der Waals surface area contributed by atoms with Gasteiger partial charge in [0.2, 0.25) is 0 Å². The molecule has 0 saturated heterocycles. The minimum absolute atomic E-state index is 0.491. The van der Waals surface area contributed by atoms with Gasteiger partial charge in [0.25, 0.3) is 0 Å². The predicted octanol–water partition coefficient (Wildman–Crippen LogP) is 3.47. The van der Waals surface area contributed by atoms with Crippen LogP contribution in [0.4, 0.5) is 0 Å². The first-order valence-electron chi connectivity index (χ1n) is 7.25. The molecule has 0 unspecified atom stereocenters. The Balaban J connectivity index is 1.85. The highest BCUT2D eigenvalue weighted by atomic mass is 35.5. The molecule has 0 spiro atoms. The average Bonchev–Trinajstić information content (AvgIpc) is 3.12. The Kier molecular flexibility index (Phi) is 3.18. The Bertz CT molecular complexity index is 1060. The summed E-state index contributed by atoms with van der Waals surface area (Å²) >= 11 is 7.89. The third-order valence-corrected chi connectivity index (χ3v) is 5.80. The Morgan fingerprint density at radius 3 is 2.65 bits per heavy atom. The molecule has 4 heterocycles. The molecular formula is C15H15ClN6S. The van der Waals surface area contributed by atoms with Crippen molar-refractivity contribution in [3.63, 3.8) is 0 Å². The number of thiophene rings is 1. The zero-order chi connectivity index (χ0) is 16.3. The number of fused-ring (bicyclic) bond motifs is 3. The van der Waals surface area contributed by atoms with Crippen LogP contribution in [-0.2, 0) is 6.54 Å². The van der Waals surface area contributed by atoms with Crippen LogP contribution in [0, 0.1) is 27.7 Å². The Morgan fingerprint density at radius 1 is 1.17 bits per heavy atom. The predicted molar refractivity (Wildman–Crippen MR) is 91.5 cm³/mol. The highest BCUT2D eigenvalue weighted by molar-refractivity contribution is 7.18. The average molecular weight is 347 g/mol. The lowest BCUT2D eigenvalue weighted by Crippen LogP contribution is -2.05. The van der Waals surface area contributed by atoms with Crippen molar-refractivity contribution in [2.75, 3.05) is 0 Å². The summed E-state index contributed by atoms with van der Waals surface area (Å²) in [7, 11) is 0. The van der Waals surface area contributed by atoms with Gasteiger partial charge >= 0.3 is 0 Å². The minimum Gasteiger partial charge on any atom is -0.260 e. The van der Waals surface area contributed by atoms with Crippen LogP contribution < -0.4 is 0 Å². The molecule has 0 bridgehead atoms. The maximum absolute atomic E-state index is 6.21. The lowest BCUT2D eigenvalue weighted by molar-refractivity contribution is 0.631. The quantitative estimate of drug-likeness (QED) is 0.557. The van der Waals surface area contributed by atoms with E-state index in [9.17, 15) is 0 Å². The topological polar surface area (TPSA) is 60.9 Å². The summed E-state index contributed by atoms with van der Waals surface area (Å²) in [6, 6.07) is 0. The number of hydrogen-bond acceptors (Lipinski definition) is 5. The monoisotopic (exact) mass is 346 g/mol. The fraction of sp³-hybridized carbons (Fsp3) is 0.333. The molecular weight excluding hydrogens is 332 g/mol. The van der Waals surface area contributed by atoms with Gasteiger partial charge < -0.3 is 0 Å². The van der Waals surface area contributed by atoms with E-state index >= 15 is 0 Å². The van der Waals surface area contributed by atoms with Crippen LogP contribution in [0.25, 0.3) is 15.9 Å². The molecule has 23 heavy (non-hydrogen) atoms. The molecule has 0 amide bonds. The van der Waals surface area contributed by atoms with Gasteiger partial charge in [0.05, 0.1) is 21.8 Å². The molecule has 4 aromatic heterocycles. The first-order chi connectivity index (χ1) is 11.0. The summed E-state index contributed by atoms with van der Waals surface area (Å²) in [6.07, 6.45) is 1.72. The summed E-state index contributed by atoms with van der Waals surface area (Å²) in [4.78, 5) is 11.4. The van der Waals surface area contributed by atoms with E-state index in [4.69, 9.17) is 16.6 Å². The van der Waals surface area contributed by atoms with E-state index in [1.165, 1.54) is 10.4 Å². The van der Waals surface area contributed by atoms with Crippen molar-refractivity contribution < 1.29 is 0 Å². The Morgan fingerprint density at radius 2 is 1.96 bits per heavy atom. The molecule has 0 aliphatic rings. The molecule has 4 aromatic rings. The van der Waals surface area contributed by atoms with Crippen LogP contribution in [0.5, 0.6) is 0 Å². The van der Waals surface area contributed by atoms with Crippen LogP contribution in [0.1, 0.15) is 27.7 Å². The third kappa shape index (κ3) is 2.14. The van der Waals surface area contributed by atoms with Crippen LogP contribution >= 0.6 is 22.9 Å². The maximum atomic E-state index is 6.21. The van der Waals surface area contributed by atoms with Crippen molar-refractivity contribution in [1.82, 2.24) is 29.4 Å². The van der Waals surface area contributed by atoms with Gasteiger partial charge in [-0.15, -0.1) is 16.4 Å². The first kappa shape index (κ1) is 14.6. The number of aryl methyl sites for hydroxylation is 3. The van der Waals surface area contributed by atoms with Crippen LogP contribution in [-0.4, -0.2) is 29.4 Å². The summed E-state index contributed by atoms with van der Waals surface area (Å²) in [5.74, 6) is 0.699. The van der Waals surface area contributed by atoms with E-state index in [-0.39, 0.29) is 0 Å². The van der Waals surface area contributed by atoms with Crippen LogP contribution in [0.2, 0.25) is 5.02 Å². The van der Waals surface area contributed by atoms with E-state index in [0.29, 0.717) is 17.4 Å². The molecule has 4 rings (SSSR count). The van der Waals surface area contributed by atoms with Crippen LogP contribution in [0.15, 0.2) is 6.33 Å². The standard InChI is InChI=1S/C15H15ClN6S/c1-7-10(4)23-15-12(7)14-18-11(20-22(14)6-17-15)5-21-9(3)13(16)8(2)19-21/h6H,5H2,1-4H3. The highest BCUT2D eigenvalue weighted by Gasteiger charge is 2.16. The second kappa shape index (κ2) is 5.01. The smallest absolute Gasteiger partial charge is 0.173 e. The van der Waals surface area contributed by atoms with Gasteiger partial charge in [-0.2, -0.15) is 5.10 Å². The molecule has 118 valence electrons. The van der Waals surface area contributed by atoms with E-state index in [1.807, 2.05) is 18.5 Å². The van der Waals surface area contributed by atoms with Gasteiger partial charge in [-0.3, -0.25) is 4.68 Å². The largest absolute Gasteiger partial charge is 0.260 e. The van der Waals surface area contributed by atoms with Gasteiger partial charge in [0.15, 0.2) is 11.5 Å². The van der Waals surface area contributed by atoms with E-state index in [0.717, 1.165) is 27.3 Å². The van der Waals surface area contributed by atoms with Gasteiger partial charge in [0, 0.05) is 4.88 Å². The second-order valence-electron chi connectivity index (χ2n) is 5.65.